The van der Waals surface area contributed by atoms with Gasteiger partial charge in [-0.2, -0.15) is 0 Å². The summed E-state index contributed by atoms with van der Waals surface area (Å²) in [6, 6.07) is 6.11. The first-order valence-electron chi connectivity index (χ1n) is 5.94. The summed E-state index contributed by atoms with van der Waals surface area (Å²) < 4.78 is 32.5. The van der Waals surface area contributed by atoms with Crippen LogP contribution in [0.2, 0.25) is 0 Å². The Hall–Kier alpha value is -1.02. The van der Waals surface area contributed by atoms with Gasteiger partial charge in [0.2, 0.25) is 10.0 Å². The van der Waals surface area contributed by atoms with E-state index in [1.807, 2.05) is 6.92 Å². The van der Waals surface area contributed by atoms with Crippen LogP contribution in [0.1, 0.15) is 18.9 Å². The molecule has 0 spiro atoms. The second-order valence-corrected chi connectivity index (χ2v) is 6.64. The Morgan fingerprint density at radius 1 is 1.53 bits per heavy atom. The van der Waals surface area contributed by atoms with Crippen molar-refractivity contribution in [2.45, 2.75) is 30.4 Å². The van der Waals surface area contributed by atoms with Gasteiger partial charge in [-0.05, 0) is 25.5 Å². The Morgan fingerprint density at radius 2 is 2.26 bits per heavy atom. The number of thiocarbonyl (C=S) groups is 1. The Balaban J connectivity index is 2.24. The number of hydrogen-bond acceptors (Lipinski definition) is 4. The number of rotatable bonds is 4. The fourth-order valence-corrected chi connectivity index (χ4v) is 3.48. The van der Waals surface area contributed by atoms with Crippen molar-refractivity contribution in [1.29, 1.82) is 0 Å². The lowest BCUT2D eigenvalue weighted by molar-refractivity contribution is 0.117. The van der Waals surface area contributed by atoms with Crippen LogP contribution in [-0.4, -0.2) is 32.2 Å². The number of hydrogen-bond donors (Lipinski definition) is 2. The summed E-state index contributed by atoms with van der Waals surface area (Å²) in [5.74, 6) is 0. The molecule has 19 heavy (non-hydrogen) atoms. The second-order valence-electron chi connectivity index (χ2n) is 4.48. The molecular formula is C12H16N2O3S2. The number of nitrogens with two attached hydrogens (primary N) is 1. The van der Waals surface area contributed by atoms with Crippen LogP contribution in [0.3, 0.4) is 0 Å². The van der Waals surface area contributed by atoms with Crippen LogP contribution >= 0.6 is 12.2 Å². The predicted octanol–water partition coefficient (Wildman–Crippen LogP) is 0.777. The van der Waals surface area contributed by atoms with Crippen LogP contribution in [0.5, 0.6) is 0 Å². The van der Waals surface area contributed by atoms with Crippen molar-refractivity contribution in [3.05, 3.63) is 29.8 Å². The third-order valence-electron chi connectivity index (χ3n) is 3.11. The molecule has 0 saturated carbocycles. The highest BCUT2D eigenvalue weighted by Gasteiger charge is 2.29. The molecule has 104 valence electrons. The maximum atomic E-state index is 12.3. The van der Waals surface area contributed by atoms with Crippen molar-refractivity contribution < 1.29 is 13.2 Å². The number of sulfonamides is 1. The highest BCUT2D eigenvalue weighted by molar-refractivity contribution is 7.89. The Labute approximate surface area is 118 Å². The van der Waals surface area contributed by atoms with E-state index < -0.39 is 10.0 Å². The fourth-order valence-electron chi connectivity index (χ4n) is 1.97. The van der Waals surface area contributed by atoms with Gasteiger partial charge in [-0.25, -0.2) is 13.1 Å². The summed E-state index contributed by atoms with van der Waals surface area (Å²) in [5.41, 5.74) is 6.04. The molecule has 7 heteroatoms. The lowest BCUT2D eigenvalue weighted by Gasteiger charge is -2.16. The van der Waals surface area contributed by atoms with Crippen LogP contribution in [0.25, 0.3) is 0 Å². The molecule has 0 radical (unpaired) electrons. The Bertz CT molecular complexity index is 586. The SMILES string of the molecule is CC1OCCC1NS(=O)(=O)c1cccc(C(N)=S)c1. The van der Waals surface area contributed by atoms with E-state index in [1.54, 1.807) is 12.1 Å². The summed E-state index contributed by atoms with van der Waals surface area (Å²) in [6.07, 6.45) is 0.559. The van der Waals surface area contributed by atoms with E-state index in [0.717, 1.165) is 0 Å². The van der Waals surface area contributed by atoms with Gasteiger partial charge in [0, 0.05) is 12.2 Å². The molecule has 1 aromatic rings. The standard InChI is InChI=1S/C12H16N2O3S2/c1-8-11(5-6-17-8)14-19(15,16)10-4-2-3-9(7-10)12(13)18/h2-4,7-8,11,14H,5-6H2,1H3,(H2,13,18). The van der Waals surface area contributed by atoms with Crippen LogP contribution in [0.15, 0.2) is 29.2 Å². The average Bonchev–Trinajstić information content (AvgIpc) is 2.74. The van der Waals surface area contributed by atoms with E-state index in [1.165, 1.54) is 12.1 Å². The molecule has 3 N–H and O–H groups in total. The molecule has 0 amide bonds. The minimum Gasteiger partial charge on any atom is -0.389 e. The van der Waals surface area contributed by atoms with Crippen LogP contribution in [0.4, 0.5) is 0 Å². The van der Waals surface area contributed by atoms with Gasteiger partial charge >= 0.3 is 0 Å². The maximum absolute atomic E-state index is 12.3. The Morgan fingerprint density at radius 3 is 2.84 bits per heavy atom. The third-order valence-corrected chi connectivity index (χ3v) is 4.83. The first kappa shape index (κ1) is 14.4. The molecule has 0 aromatic heterocycles. The van der Waals surface area contributed by atoms with Gasteiger partial charge in [0.1, 0.15) is 4.99 Å². The van der Waals surface area contributed by atoms with Crippen molar-refractivity contribution in [3.63, 3.8) is 0 Å². The highest BCUT2D eigenvalue weighted by atomic mass is 32.2. The first-order chi connectivity index (χ1) is 8.90. The predicted molar refractivity (Wildman–Crippen MR) is 76.5 cm³/mol. The zero-order valence-electron chi connectivity index (χ0n) is 10.5. The van der Waals surface area contributed by atoms with Gasteiger partial charge in [-0.15, -0.1) is 0 Å². The molecule has 2 unspecified atom stereocenters. The van der Waals surface area contributed by atoms with E-state index in [2.05, 4.69) is 4.72 Å². The zero-order valence-corrected chi connectivity index (χ0v) is 12.1. The monoisotopic (exact) mass is 300 g/mol. The largest absolute Gasteiger partial charge is 0.389 e. The highest BCUT2D eigenvalue weighted by Crippen LogP contribution is 2.17. The minimum absolute atomic E-state index is 0.117. The van der Waals surface area contributed by atoms with E-state index in [-0.39, 0.29) is 22.0 Å². The maximum Gasteiger partial charge on any atom is 0.240 e. The summed E-state index contributed by atoms with van der Waals surface area (Å²) in [6.45, 7) is 2.42. The van der Waals surface area contributed by atoms with Crippen LogP contribution < -0.4 is 10.5 Å². The molecule has 1 fully saturated rings. The number of ether oxygens (including phenoxy) is 1. The topological polar surface area (TPSA) is 81.4 Å². The van der Waals surface area contributed by atoms with Gasteiger partial charge in [0.05, 0.1) is 17.0 Å². The Kier molecular flexibility index (Phi) is 4.19. The van der Waals surface area contributed by atoms with Crippen molar-refractivity contribution in [2.24, 2.45) is 5.73 Å². The lowest BCUT2D eigenvalue weighted by Crippen LogP contribution is -2.39. The minimum atomic E-state index is -3.58. The molecule has 2 atom stereocenters. The molecule has 1 aliphatic rings. The van der Waals surface area contributed by atoms with Crippen LogP contribution in [-0.2, 0) is 14.8 Å². The second kappa shape index (κ2) is 5.54. The van der Waals surface area contributed by atoms with E-state index in [4.69, 9.17) is 22.7 Å². The zero-order chi connectivity index (χ0) is 14.0. The molecule has 1 aromatic carbocycles. The summed E-state index contributed by atoms with van der Waals surface area (Å²) in [5, 5.41) is 0. The lowest BCUT2D eigenvalue weighted by atomic mass is 10.2. The number of nitrogens with one attached hydrogen (secondary N) is 1. The van der Waals surface area contributed by atoms with Gasteiger partial charge in [0.25, 0.3) is 0 Å². The molecule has 5 nitrogen and oxygen atoms in total. The van der Waals surface area contributed by atoms with E-state index >= 15 is 0 Å². The average molecular weight is 300 g/mol. The van der Waals surface area contributed by atoms with Crippen molar-refractivity contribution in [3.8, 4) is 0 Å². The fraction of sp³-hybridized carbons (Fsp3) is 0.417. The van der Waals surface area contributed by atoms with Crippen molar-refractivity contribution in [2.75, 3.05) is 6.61 Å². The van der Waals surface area contributed by atoms with Gasteiger partial charge in [-0.1, -0.05) is 24.4 Å². The van der Waals surface area contributed by atoms with Gasteiger partial charge < -0.3 is 10.5 Å². The smallest absolute Gasteiger partial charge is 0.240 e. The summed E-state index contributed by atoms with van der Waals surface area (Å²) >= 11 is 4.85. The molecule has 1 heterocycles. The summed E-state index contributed by atoms with van der Waals surface area (Å²) in [7, 11) is -3.58. The molecule has 0 aliphatic carbocycles. The summed E-state index contributed by atoms with van der Waals surface area (Å²) in [4.78, 5) is 0.339. The quantitative estimate of drug-likeness (QED) is 0.803. The van der Waals surface area contributed by atoms with E-state index in [0.29, 0.717) is 18.6 Å². The van der Waals surface area contributed by atoms with Crippen LogP contribution in [0, 0.1) is 0 Å². The first-order valence-corrected chi connectivity index (χ1v) is 7.83. The molecule has 1 saturated heterocycles. The third kappa shape index (κ3) is 3.30. The van der Waals surface area contributed by atoms with Crippen molar-refractivity contribution in [1.82, 2.24) is 4.72 Å². The molecule has 0 bridgehead atoms. The van der Waals surface area contributed by atoms with Gasteiger partial charge in [-0.3, -0.25) is 0 Å². The molecule has 1 aliphatic heterocycles. The normalized spacial score (nSPS) is 23.4. The molecule has 2 rings (SSSR count). The van der Waals surface area contributed by atoms with Gasteiger partial charge in [0.15, 0.2) is 0 Å². The van der Waals surface area contributed by atoms with Crippen molar-refractivity contribution >= 4 is 27.2 Å². The van der Waals surface area contributed by atoms with E-state index in [9.17, 15) is 8.42 Å². The molecular weight excluding hydrogens is 284 g/mol. The number of benzene rings is 1.